The summed E-state index contributed by atoms with van der Waals surface area (Å²) in [6.45, 7) is 9.22. The lowest BCUT2D eigenvalue weighted by Gasteiger charge is -2.33. The fourth-order valence-corrected chi connectivity index (χ4v) is 2.34. The van der Waals surface area contributed by atoms with Gasteiger partial charge in [0.05, 0.1) is 11.8 Å². The number of hydrogen-bond acceptors (Lipinski definition) is 3. The van der Waals surface area contributed by atoms with Crippen LogP contribution in [0, 0.1) is 5.92 Å². The van der Waals surface area contributed by atoms with E-state index in [0.29, 0.717) is 12.0 Å². The summed E-state index contributed by atoms with van der Waals surface area (Å²) in [5, 5.41) is 14.3. The average molecular weight is 237 g/mol. The van der Waals surface area contributed by atoms with Crippen molar-refractivity contribution >= 4 is 0 Å². The molecule has 2 heterocycles. The minimum Gasteiger partial charge on any atom is -0.393 e. The molecule has 96 valence electrons. The molecule has 0 spiro atoms. The monoisotopic (exact) mass is 237 g/mol. The summed E-state index contributed by atoms with van der Waals surface area (Å²) in [7, 11) is 0. The van der Waals surface area contributed by atoms with Crippen molar-refractivity contribution in [3.63, 3.8) is 0 Å². The highest BCUT2D eigenvalue weighted by Gasteiger charge is 2.24. The van der Waals surface area contributed by atoms with Gasteiger partial charge in [0.15, 0.2) is 0 Å². The van der Waals surface area contributed by atoms with Crippen LogP contribution in [0.5, 0.6) is 0 Å². The van der Waals surface area contributed by atoms with Crippen LogP contribution in [0.3, 0.4) is 0 Å². The molecule has 1 aliphatic rings. The second-order valence-corrected chi connectivity index (χ2v) is 5.45. The predicted octanol–water partition coefficient (Wildman–Crippen LogP) is 1.67. The molecule has 0 bridgehead atoms. The van der Waals surface area contributed by atoms with Crippen molar-refractivity contribution in [3.05, 3.63) is 18.0 Å². The third-order valence-corrected chi connectivity index (χ3v) is 3.52. The Kier molecular flexibility index (Phi) is 3.84. The van der Waals surface area contributed by atoms with E-state index in [-0.39, 0.29) is 6.10 Å². The van der Waals surface area contributed by atoms with Gasteiger partial charge in [0.25, 0.3) is 0 Å². The Morgan fingerprint density at radius 2 is 2.29 bits per heavy atom. The van der Waals surface area contributed by atoms with Crippen LogP contribution in [0.2, 0.25) is 0 Å². The van der Waals surface area contributed by atoms with Crippen LogP contribution in [0.25, 0.3) is 0 Å². The number of hydrogen-bond donors (Lipinski definition) is 1. The maximum Gasteiger partial charge on any atom is 0.0764 e. The van der Waals surface area contributed by atoms with Crippen molar-refractivity contribution in [2.24, 2.45) is 5.92 Å². The smallest absolute Gasteiger partial charge is 0.0764 e. The molecule has 0 amide bonds. The van der Waals surface area contributed by atoms with E-state index in [4.69, 9.17) is 0 Å². The van der Waals surface area contributed by atoms with E-state index in [1.165, 1.54) is 0 Å². The number of aromatic nitrogens is 2. The summed E-state index contributed by atoms with van der Waals surface area (Å²) < 4.78 is 2.00. The van der Waals surface area contributed by atoms with Gasteiger partial charge in [0.2, 0.25) is 0 Å². The highest BCUT2D eigenvalue weighted by Crippen LogP contribution is 2.18. The summed E-state index contributed by atoms with van der Waals surface area (Å²) in [6, 6.07) is 2.52. The summed E-state index contributed by atoms with van der Waals surface area (Å²) in [6.07, 6.45) is 2.80. The van der Waals surface area contributed by atoms with Crippen LogP contribution in [0.1, 0.15) is 38.9 Å². The van der Waals surface area contributed by atoms with Gasteiger partial charge >= 0.3 is 0 Å². The highest BCUT2D eigenvalue weighted by molar-refractivity contribution is 5.00. The second-order valence-electron chi connectivity index (χ2n) is 5.45. The first-order chi connectivity index (χ1) is 8.06. The number of aliphatic hydroxyl groups excluding tert-OH is 1. The van der Waals surface area contributed by atoms with Gasteiger partial charge in [-0.05, 0) is 32.3 Å². The van der Waals surface area contributed by atoms with Crippen LogP contribution < -0.4 is 0 Å². The fourth-order valence-electron chi connectivity index (χ4n) is 2.34. The molecule has 0 saturated carbocycles. The van der Waals surface area contributed by atoms with E-state index < -0.39 is 0 Å². The first kappa shape index (κ1) is 12.6. The molecule has 0 aromatic carbocycles. The van der Waals surface area contributed by atoms with Crippen LogP contribution in [0.15, 0.2) is 12.3 Å². The molecule has 4 heteroatoms. The largest absolute Gasteiger partial charge is 0.393 e. The van der Waals surface area contributed by atoms with Crippen molar-refractivity contribution < 1.29 is 5.11 Å². The highest BCUT2D eigenvalue weighted by atomic mass is 16.3. The van der Waals surface area contributed by atoms with E-state index in [9.17, 15) is 5.11 Å². The Balaban J connectivity index is 1.92. The number of nitrogens with zero attached hydrogens (tertiary/aromatic N) is 3. The van der Waals surface area contributed by atoms with E-state index in [0.717, 1.165) is 31.7 Å². The normalized spacial score (nSPS) is 26.6. The molecule has 2 rings (SSSR count). The van der Waals surface area contributed by atoms with Crippen molar-refractivity contribution in [3.8, 4) is 0 Å². The molecule has 1 aromatic heterocycles. The predicted molar refractivity (Wildman–Crippen MR) is 67.7 cm³/mol. The molecule has 17 heavy (non-hydrogen) atoms. The van der Waals surface area contributed by atoms with Crippen LogP contribution >= 0.6 is 0 Å². The van der Waals surface area contributed by atoms with Gasteiger partial charge in [0, 0.05) is 31.9 Å². The lowest BCUT2D eigenvalue weighted by molar-refractivity contribution is 0.0315. The molecule has 2 atom stereocenters. The maximum absolute atomic E-state index is 9.69. The van der Waals surface area contributed by atoms with E-state index in [1.54, 1.807) is 0 Å². The molecule has 2 unspecified atom stereocenters. The summed E-state index contributed by atoms with van der Waals surface area (Å²) in [5.41, 5.74) is 1.13. The van der Waals surface area contributed by atoms with Gasteiger partial charge in [-0.1, -0.05) is 6.92 Å². The SMILES string of the molecule is CC1CN(Cc2ccn(C(C)C)n2)CCC1O. The molecular weight excluding hydrogens is 214 g/mol. The molecule has 1 aliphatic heterocycles. The lowest BCUT2D eigenvalue weighted by atomic mass is 9.97. The maximum atomic E-state index is 9.69. The molecule has 4 nitrogen and oxygen atoms in total. The van der Waals surface area contributed by atoms with Crippen molar-refractivity contribution in [2.45, 2.75) is 45.9 Å². The topological polar surface area (TPSA) is 41.3 Å². The van der Waals surface area contributed by atoms with Crippen molar-refractivity contribution in [1.29, 1.82) is 0 Å². The van der Waals surface area contributed by atoms with E-state index in [2.05, 4.69) is 36.8 Å². The molecular formula is C13H23N3O. The first-order valence-corrected chi connectivity index (χ1v) is 6.50. The summed E-state index contributed by atoms with van der Waals surface area (Å²) >= 11 is 0. The molecule has 0 radical (unpaired) electrons. The first-order valence-electron chi connectivity index (χ1n) is 6.50. The minimum absolute atomic E-state index is 0.125. The van der Waals surface area contributed by atoms with Crippen LogP contribution in [-0.4, -0.2) is 39.0 Å². The Morgan fingerprint density at radius 3 is 2.88 bits per heavy atom. The molecule has 1 saturated heterocycles. The van der Waals surface area contributed by atoms with Crippen LogP contribution in [0.4, 0.5) is 0 Å². The van der Waals surface area contributed by atoms with E-state index in [1.807, 2.05) is 10.9 Å². The zero-order chi connectivity index (χ0) is 12.4. The zero-order valence-electron chi connectivity index (χ0n) is 11.0. The Hall–Kier alpha value is -0.870. The van der Waals surface area contributed by atoms with Gasteiger partial charge in [-0.2, -0.15) is 5.10 Å². The molecule has 1 aromatic rings. The standard InChI is InChI=1S/C13H23N3O/c1-10(2)16-7-4-12(14-16)9-15-6-5-13(17)11(3)8-15/h4,7,10-11,13,17H,5-6,8-9H2,1-3H3. The summed E-state index contributed by atoms with van der Waals surface area (Å²) in [4.78, 5) is 2.38. The molecule has 1 fully saturated rings. The summed E-state index contributed by atoms with van der Waals surface area (Å²) in [5.74, 6) is 0.371. The van der Waals surface area contributed by atoms with Gasteiger partial charge in [-0.3, -0.25) is 9.58 Å². The van der Waals surface area contributed by atoms with E-state index >= 15 is 0 Å². The van der Waals surface area contributed by atoms with Gasteiger partial charge in [-0.15, -0.1) is 0 Å². The minimum atomic E-state index is -0.125. The van der Waals surface area contributed by atoms with Crippen molar-refractivity contribution in [1.82, 2.24) is 14.7 Å². The van der Waals surface area contributed by atoms with Crippen LogP contribution in [-0.2, 0) is 6.54 Å². The number of piperidine rings is 1. The Labute approximate surface area is 103 Å². The molecule has 0 aliphatic carbocycles. The number of rotatable bonds is 3. The van der Waals surface area contributed by atoms with Gasteiger partial charge < -0.3 is 5.11 Å². The third-order valence-electron chi connectivity index (χ3n) is 3.52. The lowest BCUT2D eigenvalue weighted by Crippen LogP contribution is -2.41. The fraction of sp³-hybridized carbons (Fsp3) is 0.769. The number of likely N-dealkylation sites (tertiary alicyclic amines) is 1. The second kappa shape index (κ2) is 5.19. The van der Waals surface area contributed by atoms with Crippen molar-refractivity contribution in [2.75, 3.05) is 13.1 Å². The quantitative estimate of drug-likeness (QED) is 0.869. The Bertz CT molecular complexity index is 361. The molecule has 1 N–H and O–H groups in total. The zero-order valence-corrected chi connectivity index (χ0v) is 11.0. The number of aliphatic hydroxyl groups is 1. The Morgan fingerprint density at radius 1 is 1.53 bits per heavy atom. The van der Waals surface area contributed by atoms with Gasteiger partial charge in [0.1, 0.15) is 0 Å². The third kappa shape index (κ3) is 3.07. The average Bonchev–Trinajstić information content (AvgIpc) is 2.72. The van der Waals surface area contributed by atoms with Gasteiger partial charge in [-0.25, -0.2) is 0 Å².